The van der Waals surface area contributed by atoms with Crippen LogP contribution in [0.15, 0.2) is 64.2 Å². The minimum Gasteiger partial charge on any atom is -0.490 e. The van der Waals surface area contributed by atoms with Crippen molar-refractivity contribution in [3.05, 3.63) is 82.5 Å². The number of esters is 3. The van der Waals surface area contributed by atoms with Gasteiger partial charge in [0.1, 0.15) is 59.4 Å². The summed E-state index contributed by atoms with van der Waals surface area (Å²) < 4.78 is 33.3. The standard InChI is InChI=1S/C50H58ClN7O12S/c1-27(21-39(60)69-49(5,6)7)43(61)55-30(4)47(63)68-36(25-67-46(62)28(2)20-38(59)29(3)56-48(64)70-50(8,9)10)24-65-35-18-14-31(15-19-35)40-37(22-52)45(58-42(53)41(40)54-11)71-26-34-23-66-44(57-34)32-12-16-33(51)17-13-32/h12-19,23,27-30,36H,20-21,24-26H2,1-10H3,(H2,53,58)(H,55,61)(H,56,64)/t27-,28-,29+,30+,36-/m0/s1. The van der Waals surface area contributed by atoms with E-state index in [-0.39, 0.29) is 58.6 Å². The fourth-order valence-corrected chi connectivity index (χ4v) is 7.29. The van der Waals surface area contributed by atoms with Crippen molar-refractivity contribution in [2.75, 3.05) is 18.9 Å². The first-order valence-corrected chi connectivity index (χ1v) is 23.7. The number of halogens is 1. The number of thioether (sulfide) groups is 1. The van der Waals surface area contributed by atoms with Gasteiger partial charge in [0.25, 0.3) is 0 Å². The molecule has 2 amide bonds. The van der Waals surface area contributed by atoms with Crippen molar-refractivity contribution in [1.82, 2.24) is 20.6 Å². The number of nitrogens with two attached hydrogens (primary N) is 1. The molecule has 21 heteroatoms. The molecule has 0 aliphatic rings. The molecule has 0 aliphatic heterocycles. The number of aromatic nitrogens is 2. The van der Waals surface area contributed by atoms with Gasteiger partial charge in [-0.2, -0.15) is 5.26 Å². The van der Waals surface area contributed by atoms with Crippen molar-refractivity contribution in [2.45, 2.75) is 122 Å². The third-order valence-electron chi connectivity index (χ3n) is 9.84. The maximum atomic E-state index is 13.4. The topological polar surface area (TPSA) is 266 Å². The largest absolute Gasteiger partial charge is 0.490 e. The first kappa shape index (κ1) is 56.4. The molecule has 0 saturated heterocycles. The van der Waals surface area contributed by atoms with E-state index < -0.39 is 83.5 Å². The summed E-state index contributed by atoms with van der Waals surface area (Å²) in [6, 6.07) is 13.2. The molecule has 0 saturated carbocycles. The smallest absolute Gasteiger partial charge is 0.408 e. The molecule has 0 radical (unpaired) electrons. The Bertz CT molecular complexity index is 2650. The molecule has 0 aliphatic carbocycles. The lowest BCUT2D eigenvalue weighted by molar-refractivity contribution is -0.164. The summed E-state index contributed by atoms with van der Waals surface area (Å²) in [7, 11) is 0. The van der Waals surface area contributed by atoms with Gasteiger partial charge in [0.15, 0.2) is 11.9 Å². The number of hydrogen-bond acceptors (Lipinski definition) is 17. The Morgan fingerprint density at radius 3 is 2.08 bits per heavy atom. The van der Waals surface area contributed by atoms with E-state index in [1.807, 2.05) is 0 Å². The normalized spacial score (nSPS) is 13.4. The number of ketones is 1. The molecule has 0 bridgehead atoms. The number of carbonyl (C=O) groups excluding carboxylic acids is 6. The Morgan fingerprint density at radius 1 is 0.845 bits per heavy atom. The fraction of sp³-hybridized carbons (Fsp3) is 0.440. The highest BCUT2D eigenvalue weighted by molar-refractivity contribution is 7.98. The van der Waals surface area contributed by atoms with E-state index in [0.29, 0.717) is 22.2 Å². The van der Waals surface area contributed by atoms with E-state index in [1.165, 1.54) is 45.7 Å². The van der Waals surface area contributed by atoms with Crippen LogP contribution in [0.1, 0.15) is 93.3 Å². The Kier molecular flexibility index (Phi) is 20.0. The van der Waals surface area contributed by atoms with Crippen LogP contribution in [0.2, 0.25) is 5.02 Å². The van der Waals surface area contributed by atoms with Crippen molar-refractivity contribution in [2.24, 2.45) is 11.8 Å². The van der Waals surface area contributed by atoms with Crippen molar-refractivity contribution >= 4 is 70.6 Å². The second-order valence-corrected chi connectivity index (χ2v) is 19.9. The van der Waals surface area contributed by atoms with Crippen LogP contribution >= 0.6 is 23.4 Å². The summed E-state index contributed by atoms with van der Waals surface area (Å²) in [6.45, 7) is 22.9. The maximum Gasteiger partial charge on any atom is 0.408 e. The number of ether oxygens (including phenoxy) is 5. The van der Waals surface area contributed by atoms with Crippen LogP contribution in [0.3, 0.4) is 0 Å². The van der Waals surface area contributed by atoms with E-state index in [0.717, 1.165) is 5.56 Å². The highest BCUT2D eigenvalue weighted by Gasteiger charge is 2.30. The SMILES string of the molecule is [C-]#[N+]c1c(N)nc(SCc2coc(-c3ccc(Cl)cc3)n2)c(C#N)c1-c1ccc(OC[C@@H](COC(=O)[C@@H](C)CC(=O)[C@@H](C)NC(=O)OC(C)(C)C)OC(=O)[C@@H](C)NC(=O)[C@@H](C)CC(=O)OC(C)(C)C)cc1. The van der Waals surface area contributed by atoms with Gasteiger partial charge in [-0.05, 0) is 97.4 Å². The van der Waals surface area contributed by atoms with Crippen molar-refractivity contribution in [3.63, 3.8) is 0 Å². The summed E-state index contributed by atoms with van der Waals surface area (Å²) in [5.41, 5.74) is 6.74. The number of pyridine rings is 1. The number of nitriles is 1. The Morgan fingerprint density at radius 2 is 1.48 bits per heavy atom. The van der Waals surface area contributed by atoms with Crippen LogP contribution in [0.25, 0.3) is 27.4 Å². The van der Waals surface area contributed by atoms with Gasteiger partial charge in [-0.15, -0.1) is 0 Å². The van der Waals surface area contributed by atoms with Gasteiger partial charge in [0.05, 0.1) is 36.2 Å². The second kappa shape index (κ2) is 25.1. The number of oxazole rings is 1. The van der Waals surface area contributed by atoms with Crippen LogP contribution in [-0.2, 0) is 48.7 Å². The van der Waals surface area contributed by atoms with E-state index in [4.69, 9.17) is 52.0 Å². The van der Waals surface area contributed by atoms with Crippen molar-refractivity contribution < 1.29 is 56.9 Å². The molecule has 19 nitrogen and oxygen atoms in total. The predicted octanol–water partition coefficient (Wildman–Crippen LogP) is 8.57. The molecule has 4 rings (SSSR count). The lowest BCUT2D eigenvalue weighted by Gasteiger charge is -2.23. The molecule has 4 N–H and O–H groups in total. The molecular weight excluding hydrogens is 958 g/mol. The zero-order valence-corrected chi connectivity index (χ0v) is 42.7. The lowest BCUT2D eigenvalue weighted by atomic mass is 10.00. The van der Waals surface area contributed by atoms with Crippen molar-refractivity contribution in [3.8, 4) is 34.4 Å². The molecule has 71 heavy (non-hydrogen) atoms. The van der Waals surface area contributed by atoms with Gasteiger partial charge < -0.3 is 44.5 Å². The number of alkyl carbamates (subject to hydrolysis) is 1. The average Bonchev–Trinajstić information content (AvgIpc) is 3.76. The third-order valence-corrected chi connectivity index (χ3v) is 11.1. The van der Waals surface area contributed by atoms with Crippen LogP contribution in [-0.4, -0.2) is 88.3 Å². The van der Waals surface area contributed by atoms with Crippen LogP contribution in [0.4, 0.5) is 16.3 Å². The van der Waals surface area contributed by atoms with Gasteiger partial charge >= 0.3 is 24.0 Å². The van der Waals surface area contributed by atoms with Crippen LogP contribution < -0.4 is 21.1 Å². The van der Waals surface area contributed by atoms with E-state index in [1.54, 1.807) is 90.1 Å². The fourth-order valence-electron chi connectivity index (χ4n) is 6.29. The van der Waals surface area contributed by atoms with Gasteiger partial charge in [0, 0.05) is 34.2 Å². The third kappa shape index (κ3) is 17.6. The molecule has 0 spiro atoms. The summed E-state index contributed by atoms with van der Waals surface area (Å²) in [6.07, 6.45) is -1.11. The first-order valence-electron chi connectivity index (χ1n) is 22.4. The molecular formula is C50H58ClN7O12S. The number of benzene rings is 2. The predicted molar refractivity (Wildman–Crippen MR) is 263 cm³/mol. The monoisotopic (exact) mass is 1020 g/mol. The van der Waals surface area contributed by atoms with E-state index in [2.05, 4.69) is 31.5 Å². The number of nitrogens with one attached hydrogen (secondary N) is 2. The number of carbonyl (C=O) groups is 6. The summed E-state index contributed by atoms with van der Waals surface area (Å²) >= 11 is 7.20. The number of nitrogen functional groups attached to an aromatic ring is 1. The van der Waals surface area contributed by atoms with Gasteiger partial charge in [-0.25, -0.2) is 24.4 Å². The van der Waals surface area contributed by atoms with Gasteiger partial charge in [0.2, 0.25) is 17.5 Å². The van der Waals surface area contributed by atoms with E-state index >= 15 is 0 Å². The lowest BCUT2D eigenvalue weighted by Crippen LogP contribution is -2.45. The summed E-state index contributed by atoms with van der Waals surface area (Å²) in [4.78, 5) is 89.5. The zero-order chi connectivity index (χ0) is 52.8. The molecule has 0 unspecified atom stereocenters. The van der Waals surface area contributed by atoms with E-state index in [9.17, 15) is 34.0 Å². The van der Waals surface area contributed by atoms with Crippen LogP contribution in [0, 0.1) is 29.7 Å². The molecule has 2 aromatic carbocycles. The quantitative estimate of drug-likeness (QED) is 0.0305. The number of nitrogens with zero attached hydrogens (tertiary/aromatic N) is 4. The minimum absolute atomic E-state index is 0.0371. The highest BCUT2D eigenvalue weighted by Crippen LogP contribution is 2.42. The van der Waals surface area contributed by atoms with Crippen molar-refractivity contribution in [1.29, 1.82) is 5.26 Å². The minimum atomic E-state index is -1.26. The summed E-state index contributed by atoms with van der Waals surface area (Å²) in [5.74, 6) is -4.46. The van der Waals surface area contributed by atoms with Gasteiger partial charge in [-0.3, -0.25) is 19.2 Å². The average molecular weight is 1020 g/mol. The molecule has 5 atom stereocenters. The summed E-state index contributed by atoms with van der Waals surface area (Å²) in [5, 5.41) is 16.2. The zero-order valence-electron chi connectivity index (χ0n) is 41.2. The number of hydrogen-bond donors (Lipinski definition) is 3. The number of amides is 2. The Hall–Kier alpha value is -7.16. The maximum absolute atomic E-state index is 13.4. The van der Waals surface area contributed by atoms with Gasteiger partial charge in [-0.1, -0.05) is 49.3 Å². The second-order valence-electron chi connectivity index (χ2n) is 18.4. The Balaban J connectivity index is 1.49. The molecule has 0 fully saturated rings. The number of anilines is 1. The number of Topliss-reactive ketones (excluding diaryl/α,β-unsaturated/α-hetero) is 1. The molecule has 2 heterocycles. The molecule has 2 aromatic heterocycles. The Labute approximate surface area is 421 Å². The first-order chi connectivity index (χ1) is 33.3. The molecule has 4 aromatic rings. The molecule has 378 valence electrons. The number of rotatable bonds is 21. The van der Waals surface area contributed by atoms with Crippen LogP contribution in [0.5, 0.6) is 5.75 Å². The highest BCUT2D eigenvalue weighted by atomic mass is 35.5.